The summed E-state index contributed by atoms with van der Waals surface area (Å²) >= 11 is 0. The first-order valence-electron chi connectivity index (χ1n) is 8.29. The van der Waals surface area contributed by atoms with Gasteiger partial charge in [-0.25, -0.2) is 8.42 Å². The van der Waals surface area contributed by atoms with Gasteiger partial charge in [0.2, 0.25) is 14.9 Å². The lowest BCUT2D eigenvalue weighted by Gasteiger charge is -2.42. The van der Waals surface area contributed by atoms with E-state index in [9.17, 15) is 18.0 Å². The Bertz CT molecular complexity index is 761. The predicted octanol–water partition coefficient (Wildman–Crippen LogP) is 0.741. The van der Waals surface area contributed by atoms with E-state index in [0.29, 0.717) is 18.8 Å². The van der Waals surface area contributed by atoms with Crippen LogP contribution in [0.3, 0.4) is 0 Å². The van der Waals surface area contributed by atoms with Crippen LogP contribution in [0, 0.1) is 5.92 Å². The van der Waals surface area contributed by atoms with Crippen LogP contribution in [0.5, 0.6) is 0 Å². The first-order chi connectivity index (χ1) is 11.7. The molecule has 0 aromatic carbocycles. The fraction of sp³-hybridized carbons (Fsp3) is 0.625. The average Bonchev–Trinajstić information content (AvgIpc) is 3.11. The third kappa shape index (κ3) is 4.60. The number of carbonyl (C=O) groups excluding carboxylic acids is 1. The van der Waals surface area contributed by atoms with Gasteiger partial charge in [0.15, 0.2) is 5.76 Å². The summed E-state index contributed by atoms with van der Waals surface area (Å²) in [5, 5.41) is 11.6. The molecule has 2 N–H and O–H groups in total. The average molecular weight is 370 g/mol. The fourth-order valence-electron chi connectivity index (χ4n) is 3.05. The zero-order chi connectivity index (χ0) is 18.2. The van der Waals surface area contributed by atoms with Gasteiger partial charge in [-0.2, -0.15) is 0 Å². The molecule has 8 nitrogen and oxygen atoms in total. The SMILES string of the molecule is CS(=O)(=O)c1ccc(C(=O)NC2CC(N(CC(=O)O)CC3CC3)C2)o1. The van der Waals surface area contributed by atoms with Crippen molar-refractivity contribution in [1.82, 2.24) is 10.2 Å². The molecule has 3 rings (SSSR count). The number of aliphatic carboxylic acids is 1. The number of hydrogen-bond donors (Lipinski definition) is 2. The molecule has 1 heterocycles. The quantitative estimate of drug-likeness (QED) is 0.693. The van der Waals surface area contributed by atoms with Crippen molar-refractivity contribution in [3.8, 4) is 0 Å². The lowest BCUT2D eigenvalue weighted by molar-refractivity contribution is -0.139. The van der Waals surface area contributed by atoms with Gasteiger partial charge in [0.05, 0.1) is 6.54 Å². The number of carboxylic acids is 1. The molecule has 0 radical (unpaired) electrons. The molecule has 25 heavy (non-hydrogen) atoms. The highest BCUT2D eigenvalue weighted by atomic mass is 32.2. The van der Waals surface area contributed by atoms with Crippen LogP contribution in [0.15, 0.2) is 21.6 Å². The summed E-state index contributed by atoms with van der Waals surface area (Å²) in [6.45, 7) is 0.825. The Morgan fingerprint density at radius 1 is 1.32 bits per heavy atom. The van der Waals surface area contributed by atoms with Gasteiger partial charge in [-0.1, -0.05) is 0 Å². The molecule has 0 unspecified atom stereocenters. The first kappa shape index (κ1) is 17.9. The summed E-state index contributed by atoms with van der Waals surface area (Å²) in [7, 11) is -3.48. The number of sulfone groups is 1. The van der Waals surface area contributed by atoms with Crippen LogP contribution in [-0.2, 0) is 14.6 Å². The van der Waals surface area contributed by atoms with Crippen molar-refractivity contribution in [3.05, 3.63) is 17.9 Å². The topological polar surface area (TPSA) is 117 Å². The van der Waals surface area contributed by atoms with Crippen molar-refractivity contribution in [2.45, 2.75) is 42.9 Å². The van der Waals surface area contributed by atoms with Crippen LogP contribution in [-0.4, -0.2) is 61.7 Å². The van der Waals surface area contributed by atoms with Crippen molar-refractivity contribution in [1.29, 1.82) is 0 Å². The van der Waals surface area contributed by atoms with Gasteiger partial charge in [-0.3, -0.25) is 14.5 Å². The van der Waals surface area contributed by atoms with Crippen LogP contribution in [0.2, 0.25) is 0 Å². The molecule has 9 heteroatoms. The molecule has 138 valence electrons. The summed E-state index contributed by atoms with van der Waals surface area (Å²) in [4.78, 5) is 25.1. The van der Waals surface area contributed by atoms with Gasteiger partial charge in [0, 0.05) is 24.9 Å². The fourth-order valence-corrected chi connectivity index (χ4v) is 3.61. The molecular formula is C16H22N2O6S. The minimum atomic E-state index is -3.48. The van der Waals surface area contributed by atoms with Gasteiger partial charge >= 0.3 is 5.97 Å². The normalized spacial score (nSPS) is 23.3. The highest BCUT2D eigenvalue weighted by Crippen LogP contribution is 2.33. The van der Waals surface area contributed by atoms with Crippen LogP contribution in [0.25, 0.3) is 0 Å². The highest BCUT2D eigenvalue weighted by molar-refractivity contribution is 7.90. The zero-order valence-corrected chi connectivity index (χ0v) is 14.8. The molecule has 0 spiro atoms. The molecular weight excluding hydrogens is 348 g/mol. The number of amides is 1. The van der Waals surface area contributed by atoms with E-state index in [2.05, 4.69) is 5.32 Å². The largest absolute Gasteiger partial charge is 0.480 e. The molecule has 2 fully saturated rings. The first-order valence-corrected chi connectivity index (χ1v) is 10.2. The molecule has 2 aliphatic carbocycles. The van der Waals surface area contributed by atoms with E-state index in [4.69, 9.17) is 9.52 Å². The van der Waals surface area contributed by atoms with Gasteiger partial charge in [0.1, 0.15) is 0 Å². The van der Waals surface area contributed by atoms with Gasteiger partial charge in [-0.05, 0) is 43.7 Å². The van der Waals surface area contributed by atoms with Crippen LogP contribution in [0.1, 0.15) is 36.2 Å². The lowest BCUT2D eigenvalue weighted by atomic mass is 9.85. The summed E-state index contributed by atoms with van der Waals surface area (Å²) in [6, 6.07) is 2.70. The smallest absolute Gasteiger partial charge is 0.317 e. The van der Waals surface area contributed by atoms with E-state index in [1.54, 1.807) is 0 Å². The summed E-state index contributed by atoms with van der Waals surface area (Å²) in [6.07, 6.45) is 4.70. The van der Waals surface area contributed by atoms with Gasteiger partial charge in [0.25, 0.3) is 5.91 Å². The molecule has 1 aromatic heterocycles. The predicted molar refractivity (Wildman–Crippen MR) is 88.0 cm³/mol. The second-order valence-corrected chi connectivity index (χ2v) is 8.90. The lowest BCUT2D eigenvalue weighted by Crippen LogP contribution is -2.55. The maximum Gasteiger partial charge on any atom is 0.317 e. The Morgan fingerprint density at radius 2 is 2.00 bits per heavy atom. The van der Waals surface area contributed by atoms with Crippen LogP contribution < -0.4 is 5.32 Å². The number of hydrogen-bond acceptors (Lipinski definition) is 6. The molecule has 0 aliphatic heterocycles. The van der Waals surface area contributed by atoms with E-state index in [1.165, 1.54) is 12.1 Å². The number of nitrogens with zero attached hydrogens (tertiary/aromatic N) is 1. The summed E-state index contributed by atoms with van der Waals surface area (Å²) in [5.41, 5.74) is 0. The second-order valence-electron chi connectivity index (χ2n) is 6.95. The standard InChI is InChI=1S/C16H22N2O6S/c1-25(22,23)15-5-4-13(24-15)16(21)17-11-6-12(7-11)18(9-14(19)20)8-10-2-3-10/h4-5,10-12H,2-3,6-9H2,1H3,(H,17,21)(H,19,20). The molecule has 0 saturated heterocycles. The van der Waals surface area contributed by atoms with E-state index >= 15 is 0 Å². The maximum atomic E-state index is 12.1. The number of carbonyl (C=O) groups is 2. The van der Waals surface area contributed by atoms with Crippen molar-refractivity contribution in [3.63, 3.8) is 0 Å². The third-order valence-corrected chi connectivity index (χ3v) is 5.61. The van der Waals surface area contributed by atoms with Crippen LogP contribution >= 0.6 is 0 Å². The summed E-state index contributed by atoms with van der Waals surface area (Å²) < 4.78 is 27.8. The van der Waals surface area contributed by atoms with Crippen molar-refractivity contribution >= 4 is 21.7 Å². The summed E-state index contributed by atoms with van der Waals surface area (Å²) in [5.74, 6) is -0.725. The van der Waals surface area contributed by atoms with Crippen molar-refractivity contribution < 1.29 is 27.5 Å². The third-order valence-electron chi connectivity index (χ3n) is 4.66. The zero-order valence-electron chi connectivity index (χ0n) is 14.0. The Balaban J connectivity index is 1.51. The Hall–Kier alpha value is -1.87. The maximum absolute atomic E-state index is 12.1. The minimum Gasteiger partial charge on any atom is -0.480 e. The van der Waals surface area contributed by atoms with E-state index in [0.717, 1.165) is 25.6 Å². The van der Waals surface area contributed by atoms with Crippen molar-refractivity contribution in [2.75, 3.05) is 19.3 Å². The number of nitrogens with one attached hydrogen (secondary N) is 1. The van der Waals surface area contributed by atoms with E-state index in [1.807, 2.05) is 4.90 Å². The van der Waals surface area contributed by atoms with Gasteiger partial charge in [-0.15, -0.1) is 0 Å². The monoisotopic (exact) mass is 370 g/mol. The Labute approximate surface area is 146 Å². The highest BCUT2D eigenvalue weighted by Gasteiger charge is 2.38. The van der Waals surface area contributed by atoms with Crippen molar-refractivity contribution in [2.24, 2.45) is 5.92 Å². The van der Waals surface area contributed by atoms with E-state index in [-0.39, 0.29) is 29.5 Å². The molecule has 0 atom stereocenters. The molecule has 1 amide bonds. The molecule has 2 aliphatic rings. The minimum absolute atomic E-state index is 0.0255. The van der Waals surface area contributed by atoms with E-state index < -0.39 is 21.7 Å². The second kappa shape index (κ2) is 6.80. The van der Waals surface area contributed by atoms with Crippen LogP contribution in [0.4, 0.5) is 0 Å². The number of rotatable bonds is 8. The van der Waals surface area contributed by atoms with Gasteiger partial charge < -0.3 is 14.8 Å². The number of carboxylic acid groups (broad SMARTS) is 1. The molecule has 0 bridgehead atoms. The molecule has 2 saturated carbocycles. The Kier molecular flexibility index (Phi) is 4.88. The number of furan rings is 1. The molecule has 1 aromatic rings. The Morgan fingerprint density at radius 3 is 2.52 bits per heavy atom.